The van der Waals surface area contributed by atoms with Crippen molar-refractivity contribution < 1.29 is 4.79 Å². The van der Waals surface area contributed by atoms with Gasteiger partial charge in [-0.25, -0.2) is 0 Å². The Hall–Kier alpha value is -2.37. The number of hydrogen-bond donors (Lipinski definition) is 3. The van der Waals surface area contributed by atoms with E-state index in [9.17, 15) is 4.79 Å². The molecule has 0 aromatic heterocycles. The Bertz CT molecular complexity index is 829. The normalized spacial score (nSPS) is 13.9. The van der Waals surface area contributed by atoms with Crippen molar-refractivity contribution in [3.8, 4) is 11.1 Å². The lowest BCUT2D eigenvalue weighted by Crippen LogP contribution is -2.44. The maximum Gasteiger partial charge on any atom is 0.251 e. The van der Waals surface area contributed by atoms with Gasteiger partial charge < -0.3 is 16.0 Å². The number of benzene rings is 2. The number of rotatable bonds is 4. The van der Waals surface area contributed by atoms with Crippen LogP contribution in [0.25, 0.3) is 11.1 Å². The fraction of sp³-hybridized carbons (Fsp3) is 0.158. The molecule has 0 spiro atoms. The van der Waals surface area contributed by atoms with E-state index in [1.165, 1.54) is 0 Å². The number of carbonyl (C=O) groups excluding carboxylic acids is 1. The van der Waals surface area contributed by atoms with Crippen molar-refractivity contribution in [3.05, 3.63) is 70.4 Å². The number of amides is 1. The van der Waals surface area contributed by atoms with Crippen molar-refractivity contribution in [2.24, 2.45) is 0 Å². The fourth-order valence-corrected chi connectivity index (χ4v) is 2.94. The first kappa shape index (κ1) is 17.5. The summed E-state index contributed by atoms with van der Waals surface area (Å²) in [6.45, 7) is 2.77. The molecule has 0 bridgehead atoms. The molecule has 0 radical (unpaired) electrons. The first-order valence-corrected chi connectivity index (χ1v) is 8.69. The molecule has 0 saturated heterocycles. The maximum atomic E-state index is 12.3. The molecule has 2 aromatic rings. The van der Waals surface area contributed by atoms with Crippen LogP contribution in [0.1, 0.15) is 12.5 Å². The molecule has 25 heavy (non-hydrogen) atoms. The molecule has 1 aliphatic heterocycles. The molecule has 128 valence electrons. The van der Waals surface area contributed by atoms with Gasteiger partial charge in [0, 0.05) is 23.8 Å². The second-order valence-electron chi connectivity index (χ2n) is 5.80. The minimum Gasteiger partial charge on any atom is -0.358 e. The molecule has 1 amide bonds. The van der Waals surface area contributed by atoms with Gasteiger partial charge in [0.1, 0.15) is 0 Å². The van der Waals surface area contributed by atoms with Crippen LogP contribution in [0, 0.1) is 0 Å². The van der Waals surface area contributed by atoms with Crippen LogP contribution in [0.2, 0.25) is 5.02 Å². The Labute approximate surface area is 157 Å². The van der Waals surface area contributed by atoms with Crippen LogP contribution in [0.15, 0.2) is 59.8 Å². The summed E-state index contributed by atoms with van der Waals surface area (Å²) in [6, 6.07) is 15.8. The summed E-state index contributed by atoms with van der Waals surface area (Å²) in [5, 5.41) is 10.1. The highest BCUT2D eigenvalue weighted by Gasteiger charge is 2.17. The lowest BCUT2D eigenvalue weighted by atomic mass is 10.0. The largest absolute Gasteiger partial charge is 0.358 e. The van der Waals surface area contributed by atoms with Gasteiger partial charge in [0.15, 0.2) is 5.11 Å². The minimum absolute atomic E-state index is 0.0956. The van der Waals surface area contributed by atoms with Crippen molar-refractivity contribution in [1.29, 1.82) is 0 Å². The average molecular weight is 372 g/mol. The Morgan fingerprint density at radius 2 is 1.72 bits per heavy atom. The smallest absolute Gasteiger partial charge is 0.251 e. The maximum absolute atomic E-state index is 12.3. The third-order valence-electron chi connectivity index (χ3n) is 4.04. The number of thiocarbonyl (C=S) groups is 1. The Morgan fingerprint density at radius 1 is 1.12 bits per heavy atom. The monoisotopic (exact) mass is 371 g/mol. The zero-order chi connectivity index (χ0) is 17.8. The zero-order valence-corrected chi connectivity index (χ0v) is 15.3. The number of allylic oxidation sites excluding steroid dienone is 1. The molecule has 3 N–H and O–H groups in total. The second kappa shape index (κ2) is 7.68. The number of halogens is 1. The summed E-state index contributed by atoms with van der Waals surface area (Å²) >= 11 is 10.9. The Balaban J connectivity index is 1.62. The van der Waals surface area contributed by atoms with Crippen molar-refractivity contribution >= 4 is 34.8 Å². The summed E-state index contributed by atoms with van der Waals surface area (Å²) in [7, 11) is 0. The van der Waals surface area contributed by atoms with Crippen molar-refractivity contribution in [3.63, 3.8) is 0 Å². The summed E-state index contributed by atoms with van der Waals surface area (Å²) in [4.78, 5) is 12.3. The van der Waals surface area contributed by atoms with Gasteiger partial charge in [-0.2, -0.15) is 0 Å². The molecule has 4 nitrogen and oxygen atoms in total. The first-order chi connectivity index (χ1) is 12.0. The van der Waals surface area contributed by atoms with E-state index in [4.69, 9.17) is 23.8 Å². The lowest BCUT2D eigenvalue weighted by Gasteiger charge is -2.21. The average Bonchev–Trinajstić information content (AvgIpc) is 2.61. The number of carbonyl (C=O) groups is 1. The highest BCUT2D eigenvalue weighted by atomic mass is 35.5. The van der Waals surface area contributed by atoms with Gasteiger partial charge >= 0.3 is 0 Å². The van der Waals surface area contributed by atoms with Gasteiger partial charge in [-0.05, 0) is 48.0 Å². The molecule has 6 heteroatoms. The first-order valence-electron chi connectivity index (χ1n) is 7.90. The molecule has 1 heterocycles. The van der Waals surface area contributed by atoms with Crippen LogP contribution < -0.4 is 16.0 Å². The van der Waals surface area contributed by atoms with E-state index in [0.29, 0.717) is 23.8 Å². The molecule has 0 atom stereocenters. The molecule has 0 fully saturated rings. The van der Waals surface area contributed by atoms with Gasteiger partial charge in [-0.1, -0.05) is 48.0 Å². The predicted octanol–water partition coefficient (Wildman–Crippen LogP) is 3.37. The third kappa shape index (κ3) is 4.38. The van der Waals surface area contributed by atoms with Crippen molar-refractivity contribution in [2.45, 2.75) is 13.5 Å². The molecular weight excluding hydrogens is 354 g/mol. The highest BCUT2D eigenvalue weighted by Crippen LogP contribution is 2.21. The van der Waals surface area contributed by atoms with E-state index in [2.05, 4.69) is 16.0 Å². The summed E-state index contributed by atoms with van der Waals surface area (Å²) in [6.07, 6.45) is 0. The van der Waals surface area contributed by atoms with Gasteiger partial charge in [0.25, 0.3) is 5.91 Å². The molecule has 0 saturated carbocycles. The van der Waals surface area contributed by atoms with Crippen LogP contribution in [0.5, 0.6) is 0 Å². The highest BCUT2D eigenvalue weighted by molar-refractivity contribution is 7.80. The van der Waals surface area contributed by atoms with Gasteiger partial charge in [0.2, 0.25) is 0 Å². The summed E-state index contributed by atoms with van der Waals surface area (Å²) in [5.74, 6) is -0.0956. The van der Waals surface area contributed by atoms with E-state index in [1.807, 2.05) is 55.5 Å². The topological polar surface area (TPSA) is 53.2 Å². The molecule has 2 aromatic carbocycles. The third-order valence-corrected chi connectivity index (χ3v) is 4.54. The Morgan fingerprint density at radius 3 is 2.32 bits per heavy atom. The summed E-state index contributed by atoms with van der Waals surface area (Å²) < 4.78 is 0. The van der Waals surface area contributed by atoms with Gasteiger partial charge in [-0.15, -0.1) is 0 Å². The van der Waals surface area contributed by atoms with Crippen LogP contribution in [-0.4, -0.2) is 17.6 Å². The van der Waals surface area contributed by atoms with Crippen molar-refractivity contribution in [2.75, 3.05) is 6.54 Å². The van der Waals surface area contributed by atoms with E-state index >= 15 is 0 Å². The SMILES string of the molecule is CC1=C(C(=O)NCc2ccc(-c3ccc(Cl)cc3)cc2)CNC(=S)N1. The van der Waals surface area contributed by atoms with E-state index < -0.39 is 0 Å². The lowest BCUT2D eigenvalue weighted by molar-refractivity contribution is -0.117. The molecule has 0 aliphatic carbocycles. The van der Waals surface area contributed by atoms with Gasteiger partial charge in [0.05, 0.1) is 5.57 Å². The minimum atomic E-state index is -0.0956. The standard InChI is InChI=1S/C19H18ClN3OS/c1-12-17(11-22-19(25)23-12)18(24)21-10-13-2-4-14(5-3-13)15-6-8-16(20)9-7-15/h2-9H,10-11H2,1H3,(H,21,24)(H2,22,23,25). The number of hydrogen-bond acceptors (Lipinski definition) is 2. The quantitative estimate of drug-likeness (QED) is 0.721. The fourth-order valence-electron chi connectivity index (χ4n) is 2.59. The Kier molecular flexibility index (Phi) is 5.36. The molecular formula is C19H18ClN3OS. The summed E-state index contributed by atoms with van der Waals surface area (Å²) in [5.41, 5.74) is 4.72. The van der Waals surface area contributed by atoms with Crippen LogP contribution in [0.3, 0.4) is 0 Å². The van der Waals surface area contributed by atoms with Crippen molar-refractivity contribution in [1.82, 2.24) is 16.0 Å². The molecule has 3 rings (SSSR count). The zero-order valence-electron chi connectivity index (χ0n) is 13.7. The van der Waals surface area contributed by atoms with Crippen LogP contribution in [0.4, 0.5) is 0 Å². The molecule has 0 unspecified atom stereocenters. The van der Waals surface area contributed by atoms with E-state index in [0.717, 1.165) is 27.4 Å². The van der Waals surface area contributed by atoms with Gasteiger partial charge in [-0.3, -0.25) is 4.79 Å². The predicted molar refractivity (Wildman–Crippen MR) is 105 cm³/mol. The van der Waals surface area contributed by atoms with E-state index in [-0.39, 0.29) is 5.91 Å². The van der Waals surface area contributed by atoms with E-state index in [1.54, 1.807) is 0 Å². The van der Waals surface area contributed by atoms with Crippen LogP contribution in [-0.2, 0) is 11.3 Å². The number of nitrogens with one attached hydrogen (secondary N) is 3. The molecule has 1 aliphatic rings. The van der Waals surface area contributed by atoms with Crippen LogP contribution >= 0.6 is 23.8 Å². The second-order valence-corrected chi connectivity index (χ2v) is 6.64.